The van der Waals surface area contributed by atoms with E-state index in [0.717, 1.165) is 68.8 Å². The lowest BCUT2D eigenvalue weighted by Gasteiger charge is -2.38. The zero-order valence-corrected chi connectivity index (χ0v) is 26.1. The third kappa shape index (κ3) is 7.45. The number of ether oxygens (including phenoxy) is 3. The highest BCUT2D eigenvalue weighted by molar-refractivity contribution is 6.32. The van der Waals surface area contributed by atoms with Crippen molar-refractivity contribution in [2.75, 3.05) is 31.6 Å². The number of anilines is 2. The average molecular weight is 623 g/mol. The van der Waals surface area contributed by atoms with E-state index >= 15 is 0 Å². The topological polar surface area (TPSA) is 130 Å². The average Bonchev–Trinajstić information content (AvgIpc) is 3.69. The van der Waals surface area contributed by atoms with E-state index in [4.69, 9.17) is 30.9 Å². The molecular formula is C30H39ClN10O3. The Bertz CT molecular complexity index is 1480. The molecule has 44 heavy (non-hydrogen) atoms. The molecule has 4 heterocycles. The molecule has 0 bridgehead atoms. The minimum Gasteiger partial charge on any atom is -0.487 e. The van der Waals surface area contributed by atoms with Crippen LogP contribution in [-0.2, 0) is 11.3 Å². The highest BCUT2D eigenvalue weighted by Gasteiger charge is 2.29. The molecule has 0 unspecified atom stereocenters. The standard InChI is InChI=1S/C30H39ClN10O3/c1-20(2)43-29-27(18-41(36-29)25-7-5-24(6-8-25)39-10-12-42-13-11-39)35-30-32-15-23(16-33-30)22-4-9-26(31)28(14-22)44-21(3)17-40-19-34-37-38-40/h4,9,14-16,18-21,24-25H,5-8,10-13,17H2,1-3H3,(H,32,33,35)/t21-,24-,25-/m0/s1. The normalized spacial score (nSPS) is 20.0. The van der Waals surface area contributed by atoms with Gasteiger partial charge in [-0.2, -0.15) is 0 Å². The first-order valence-corrected chi connectivity index (χ1v) is 15.6. The van der Waals surface area contributed by atoms with Crippen molar-refractivity contribution in [2.45, 2.75) is 77.3 Å². The summed E-state index contributed by atoms with van der Waals surface area (Å²) in [6.45, 7) is 10.2. The Morgan fingerprint density at radius 2 is 1.75 bits per heavy atom. The Morgan fingerprint density at radius 3 is 2.45 bits per heavy atom. The molecule has 2 fully saturated rings. The van der Waals surface area contributed by atoms with Crippen molar-refractivity contribution in [2.24, 2.45) is 0 Å². The van der Waals surface area contributed by atoms with Crippen molar-refractivity contribution in [3.05, 3.63) is 48.1 Å². The van der Waals surface area contributed by atoms with Crippen LogP contribution in [0.3, 0.4) is 0 Å². The SMILES string of the molecule is CC(C)Oc1nn([C@H]2CC[C@H](N3CCOCC3)CC2)cc1Nc1ncc(-c2ccc(Cl)c(O[C@@H](C)Cn3cnnn3)c2)cn1. The van der Waals surface area contributed by atoms with Crippen LogP contribution in [0.25, 0.3) is 11.1 Å². The number of halogens is 1. The second-order valence-corrected chi connectivity index (χ2v) is 12.0. The van der Waals surface area contributed by atoms with Crippen molar-refractivity contribution in [3.8, 4) is 22.8 Å². The summed E-state index contributed by atoms with van der Waals surface area (Å²) in [6.07, 6.45) is 11.4. The lowest BCUT2D eigenvalue weighted by Crippen LogP contribution is -2.45. The van der Waals surface area contributed by atoms with Gasteiger partial charge in [0.15, 0.2) is 0 Å². The highest BCUT2D eigenvalue weighted by atomic mass is 35.5. The van der Waals surface area contributed by atoms with Crippen LogP contribution in [0.5, 0.6) is 11.6 Å². The Balaban J connectivity index is 1.12. The fourth-order valence-corrected chi connectivity index (χ4v) is 5.97. The molecular weight excluding hydrogens is 584 g/mol. The second-order valence-electron chi connectivity index (χ2n) is 11.6. The van der Waals surface area contributed by atoms with Gasteiger partial charge in [0, 0.05) is 37.1 Å². The second kappa shape index (κ2) is 13.9. The Hall–Kier alpha value is -3.81. The van der Waals surface area contributed by atoms with E-state index in [2.05, 4.69) is 40.4 Å². The van der Waals surface area contributed by atoms with E-state index in [1.807, 2.05) is 39.1 Å². The maximum Gasteiger partial charge on any atom is 0.257 e. The largest absolute Gasteiger partial charge is 0.487 e. The Morgan fingerprint density at radius 1 is 1.00 bits per heavy atom. The highest BCUT2D eigenvalue weighted by Crippen LogP contribution is 2.35. The van der Waals surface area contributed by atoms with Gasteiger partial charge in [0.1, 0.15) is 23.9 Å². The monoisotopic (exact) mass is 622 g/mol. The molecule has 13 nitrogen and oxygen atoms in total. The summed E-state index contributed by atoms with van der Waals surface area (Å²) in [5.74, 6) is 1.57. The Labute approximate surface area is 261 Å². The molecule has 0 spiro atoms. The number of aromatic nitrogens is 8. The zero-order chi connectivity index (χ0) is 30.5. The number of morpholine rings is 1. The van der Waals surface area contributed by atoms with Gasteiger partial charge in [-0.3, -0.25) is 9.58 Å². The molecule has 4 aromatic rings. The van der Waals surface area contributed by atoms with Crippen LogP contribution >= 0.6 is 11.6 Å². The summed E-state index contributed by atoms with van der Waals surface area (Å²) >= 11 is 6.44. The van der Waals surface area contributed by atoms with Gasteiger partial charge >= 0.3 is 0 Å². The van der Waals surface area contributed by atoms with Crippen molar-refractivity contribution < 1.29 is 14.2 Å². The molecule has 1 aliphatic carbocycles. The third-order valence-electron chi connectivity index (χ3n) is 7.97. The van der Waals surface area contributed by atoms with Crippen LogP contribution in [0.2, 0.25) is 5.02 Å². The number of hydrogen-bond donors (Lipinski definition) is 1. The molecule has 1 saturated heterocycles. The summed E-state index contributed by atoms with van der Waals surface area (Å²) < 4.78 is 21.4. The van der Waals surface area contributed by atoms with Crippen LogP contribution in [0.1, 0.15) is 52.5 Å². The van der Waals surface area contributed by atoms with Crippen LogP contribution in [0.15, 0.2) is 43.1 Å². The van der Waals surface area contributed by atoms with Gasteiger partial charge in [0.05, 0.1) is 43.1 Å². The lowest BCUT2D eigenvalue weighted by atomic mass is 9.90. The molecule has 1 aromatic carbocycles. The number of tetrazole rings is 1. The number of benzene rings is 1. The molecule has 0 radical (unpaired) electrons. The first-order chi connectivity index (χ1) is 21.4. The van der Waals surface area contributed by atoms with Gasteiger partial charge in [0.25, 0.3) is 5.88 Å². The van der Waals surface area contributed by atoms with Crippen LogP contribution in [-0.4, -0.2) is 89.4 Å². The summed E-state index contributed by atoms with van der Waals surface area (Å²) in [5, 5.41) is 19.9. The van der Waals surface area contributed by atoms with Gasteiger partial charge in [-0.05, 0) is 74.6 Å². The summed E-state index contributed by atoms with van der Waals surface area (Å²) in [7, 11) is 0. The number of rotatable bonds is 11. The Kier molecular flexibility index (Phi) is 9.53. The smallest absolute Gasteiger partial charge is 0.257 e. The van der Waals surface area contributed by atoms with Crippen molar-refractivity contribution in [1.29, 1.82) is 0 Å². The van der Waals surface area contributed by atoms with Gasteiger partial charge in [-0.1, -0.05) is 17.7 Å². The van der Waals surface area contributed by atoms with E-state index in [0.29, 0.717) is 41.2 Å². The van der Waals surface area contributed by atoms with Crippen molar-refractivity contribution in [3.63, 3.8) is 0 Å². The third-order valence-corrected chi connectivity index (χ3v) is 8.29. The first-order valence-electron chi connectivity index (χ1n) is 15.3. The predicted molar refractivity (Wildman–Crippen MR) is 165 cm³/mol. The first kappa shape index (κ1) is 30.2. The van der Waals surface area contributed by atoms with E-state index in [1.54, 1.807) is 29.5 Å². The fourth-order valence-electron chi connectivity index (χ4n) is 5.81. The van der Waals surface area contributed by atoms with Crippen LogP contribution < -0.4 is 14.8 Å². The molecule has 3 aromatic heterocycles. The van der Waals surface area contributed by atoms with E-state index < -0.39 is 0 Å². The van der Waals surface area contributed by atoms with Crippen LogP contribution in [0, 0.1) is 0 Å². The number of hydrogen-bond acceptors (Lipinski definition) is 11. The van der Waals surface area contributed by atoms with Gasteiger partial charge in [-0.15, -0.1) is 10.2 Å². The summed E-state index contributed by atoms with van der Waals surface area (Å²) in [6, 6.07) is 6.57. The van der Waals surface area contributed by atoms with E-state index in [9.17, 15) is 0 Å². The maximum atomic E-state index is 6.44. The zero-order valence-electron chi connectivity index (χ0n) is 25.3. The summed E-state index contributed by atoms with van der Waals surface area (Å²) in [5.41, 5.74) is 2.46. The fraction of sp³-hybridized carbons (Fsp3) is 0.533. The molecule has 1 saturated carbocycles. The van der Waals surface area contributed by atoms with E-state index in [1.165, 1.54) is 0 Å². The maximum absolute atomic E-state index is 6.44. The molecule has 2 aliphatic rings. The number of nitrogens with zero attached hydrogens (tertiary/aromatic N) is 9. The van der Waals surface area contributed by atoms with Crippen molar-refractivity contribution in [1.82, 2.24) is 44.9 Å². The lowest BCUT2D eigenvalue weighted by molar-refractivity contribution is 0.00502. The quantitative estimate of drug-likeness (QED) is 0.248. The van der Waals surface area contributed by atoms with Gasteiger partial charge in [-0.25, -0.2) is 14.6 Å². The summed E-state index contributed by atoms with van der Waals surface area (Å²) in [4.78, 5) is 11.8. The van der Waals surface area contributed by atoms with Gasteiger partial charge < -0.3 is 19.5 Å². The van der Waals surface area contributed by atoms with Crippen LogP contribution in [0.4, 0.5) is 11.6 Å². The molecule has 1 aliphatic heterocycles. The molecule has 1 N–H and O–H groups in total. The predicted octanol–water partition coefficient (Wildman–Crippen LogP) is 4.79. The molecule has 234 valence electrons. The minimum absolute atomic E-state index is 0.0174. The molecule has 6 rings (SSSR count). The molecule has 14 heteroatoms. The molecule has 0 amide bonds. The minimum atomic E-state index is -0.197. The van der Waals surface area contributed by atoms with Gasteiger partial charge in [0.2, 0.25) is 5.95 Å². The molecule has 1 atom stereocenters. The van der Waals surface area contributed by atoms with Crippen molar-refractivity contribution >= 4 is 23.2 Å². The number of nitrogens with one attached hydrogen (secondary N) is 1. The van der Waals surface area contributed by atoms with E-state index in [-0.39, 0.29) is 12.2 Å².